The summed E-state index contributed by atoms with van der Waals surface area (Å²) in [5, 5.41) is 44.4. The first-order valence-electron chi connectivity index (χ1n) is 23.6. The number of ether oxygens (including phenoxy) is 16. The summed E-state index contributed by atoms with van der Waals surface area (Å²) >= 11 is 0. The van der Waals surface area contributed by atoms with E-state index in [4.69, 9.17) is 116 Å². The lowest BCUT2D eigenvalue weighted by atomic mass is 9.98. The molecule has 5 N–H and O–H groups in total. The highest BCUT2D eigenvalue weighted by Crippen LogP contribution is 2.44. The van der Waals surface area contributed by atoms with Gasteiger partial charge in [0.2, 0.25) is 30.6 Å². The van der Waals surface area contributed by atoms with Crippen molar-refractivity contribution < 1.29 is 144 Å². The zero-order valence-corrected chi connectivity index (χ0v) is 44.8. The van der Waals surface area contributed by atoms with Crippen LogP contribution < -0.4 is 0 Å². The van der Waals surface area contributed by atoms with Crippen LogP contribution in [0.3, 0.4) is 0 Å². The molecule has 6 saturated heterocycles. The molecule has 0 spiro atoms. The first-order chi connectivity index (χ1) is 36.5. The molecular weight excluding hydrogens is 1070 g/mol. The molecule has 0 aromatic heterocycles. The third kappa shape index (κ3) is 18.5. The number of rotatable bonds is 11. The third-order valence-corrected chi connectivity index (χ3v) is 10.8. The first-order valence-corrected chi connectivity index (χ1v) is 23.6. The Labute approximate surface area is 451 Å². The Bertz CT molecular complexity index is 2360. The van der Waals surface area contributed by atoms with E-state index in [1.807, 2.05) is 27.7 Å². The molecule has 0 aromatic carbocycles. The van der Waals surface area contributed by atoms with Crippen molar-refractivity contribution in [3.8, 4) is 37.0 Å². The van der Waals surface area contributed by atoms with E-state index in [9.17, 15) is 43.2 Å². The molecule has 0 radical (unpaired) electrons. The molecule has 13 unspecified atom stereocenters. The van der Waals surface area contributed by atoms with Crippen LogP contribution in [-0.2, 0) is 119 Å². The largest absolute Gasteiger partial charge is 0.455 e. The number of carbonyl (C=O) groups is 9. The zero-order valence-electron chi connectivity index (χ0n) is 44.8. The quantitative estimate of drug-likeness (QED) is 0.0586. The molecule has 0 amide bonds. The molecule has 0 aliphatic carbocycles. The number of cyclic esters (lactones) is 1. The second kappa shape index (κ2) is 28.0. The number of aliphatic hydroxyl groups is 5. The van der Waals surface area contributed by atoms with Crippen molar-refractivity contribution in [1.29, 1.82) is 0 Å². The first kappa shape index (κ1) is 66.7. The minimum atomic E-state index is -2.74. The van der Waals surface area contributed by atoms with Crippen LogP contribution in [0.25, 0.3) is 0 Å². The van der Waals surface area contributed by atoms with Crippen molar-refractivity contribution >= 4 is 53.7 Å². The maximum atomic E-state index is 11.4. The van der Waals surface area contributed by atoms with Gasteiger partial charge in [-0.05, 0) is 27.7 Å². The molecule has 30 nitrogen and oxygen atoms in total. The normalized spacial score (nSPS) is 33.6. The number of fused-ring (bicyclic) bond motifs is 3. The lowest BCUT2D eigenvalue weighted by Crippen LogP contribution is -2.61. The van der Waals surface area contributed by atoms with Gasteiger partial charge in [0.1, 0.15) is 37.1 Å². The number of terminal acetylenes is 3. The molecule has 18 atom stereocenters. The van der Waals surface area contributed by atoms with E-state index in [-0.39, 0.29) is 18.3 Å². The van der Waals surface area contributed by atoms with Crippen molar-refractivity contribution in [1.82, 2.24) is 0 Å². The zero-order chi connectivity index (χ0) is 60.2. The van der Waals surface area contributed by atoms with E-state index < -0.39 is 170 Å². The van der Waals surface area contributed by atoms with Crippen molar-refractivity contribution in [2.24, 2.45) is 0 Å². The SMILES string of the molecule is C#CC1OC(OC(C)=O)C(OC(C)=O)C(OC(C)=O)C1OC(C)=O.C#CC1OC2OC(C)(C)OC2C2OC(C)(C)OC12.C#C[C@H](OC(C)=O)[C@H]1OC(OC(C)=O)[C@H](OC(C)=O)C1OC(C)=O.O=C1O[C@H](C(O)(O)CO)C(O)[C@H]1O. The van der Waals surface area contributed by atoms with E-state index in [0.717, 1.165) is 55.4 Å². The number of aliphatic hydroxyl groups excluding tert-OH is 3. The van der Waals surface area contributed by atoms with E-state index in [0.29, 0.717) is 0 Å². The number of esters is 9. The monoisotopic (exact) mass is 1130 g/mol. The Morgan fingerprint density at radius 3 is 1.41 bits per heavy atom. The van der Waals surface area contributed by atoms with E-state index in [1.165, 1.54) is 0 Å². The van der Waals surface area contributed by atoms with Crippen LogP contribution >= 0.6 is 0 Å². The molecule has 0 saturated carbocycles. The molecule has 6 heterocycles. The average molecular weight is 1130 g/mol. The molecule has 6 fully saturated rings. The smallest absolute Gasteiger partial charge is 0.338 e. The second-order valence-electron chi connectivity index (χ2n) is 18.4. The standard InChI is InChI=1S/2C15H18O9.C13H18O5.C6H10O7/c1-6-11-12(20-7(2)16)13(21-8(3)17)14(22-9(4)18)15(24-11)23-10(5)19;1-6-11(20-7(2)16)12-13(21-8(3)17)14(22-9(4)18)15(24-12)23-10(5)19;1-6-7-8-9(16-12(2,3)15-8)10-11(14-7)18-13(4,5)17-10;7-1-6(11,12)4-2(8)3(9)5(10)13-4/h2*1,11-15H,2-5H3;1,7-11H,2-5H3;2-4,7-9,11-12H,1H2/t;11-,12+,13?,14+,15?;;2?,3-,4+/m.0.1/s1. The van der Waals surface area contributed by atoms with Crippen molar-refractivity contribution in [2.75, 3.05) is 6.61 Å². The van der Waals surface area contributed by atoms with Gasteiger partial charge in [0.05, 0.1) is 0 Å². The summed E-state index contributed by atoms with van der Waals surface area (Å²) in [6.45, 7) is 15.2. The fourth-order valence-corrected chi connectivity index (χ4v) is 8.11. The van der Waals surface area contributed by atoms with E-state index in [2.05, 4.69) is 22.5 Å². The van der Waals surface area contributed by atoms with Gasteiger partial charge in [-0.3, -0.25) is 38.4 Å². The van der Waals surface area contributed by atoms with Gasteiger partial charge in [0.15, 0.2) is 66.7 Å². The van der Waals surface area contributed by atoms with Gasteiger partial charge in [-0.15, -0.1) is 19.3 Å². The van der Waals surface area contributed by atoms with Gasteiger partial charge in [-0.25, -0.2) is 4.79 Å². The van der Waals surface area contributed by atoms with E-state index >= 15 is 0 Å². The fourth-order valence-electron chi connectivity index (χ4n) is 8.11. The Morgan fingerprint density at radius 2 is 0.975 bits per heavy atom. The summed E-state index contributed by atoms with van der Waals surface area (Å²) in [7, 11) is 0. The molecule has 79 heavy (non-hydrogen) atoms. The summed E-state index contributed by atoms with van der Waals surface area (Å²) in [5.41, 5.74) is 0. The summed E-state index contributed by atoms with van der Waals surface area (Å²) in [6, 6.07) is 0. The molecule has 0 aromatic rings. The minimum Gasteiger partial charge on any atom is -0.455 e. The summed E-state index contributed by atoms with van der Waals surface area (Å²) in [6.07, 6.45) is -3.81. The fraction of sp³-hybridized carbons (Fsp3) is 0.694. The van der Waals surface area contributed by atoms with Crippen LogP contribution in [0.2, 0.25) is 0 Å². The molecule has 6 aliphatic heterocycles. The average Bonchev–Trinajstić information content (AvgIpc) is 4.04. The van der Waals surface area contributed by atoms with Gasteiger partial charge in [-0.1, -0.05) is 17.8 Å². The predicted molar refractivity (Wildman–Crippen MR) is 249 cm³/mol. The minimum absolute atomic E-state index is 0.262. The summed E-state index contributed by atoms with van der Waals surface area (Å²) < 4.78 is 84.1. The Balaban J connectivity index is 0.000000283. The van der Waals surface area contributed by atoms with Crippen molar-refractivity contribution in [2.45, 2.75) is 211 Å². The molecular formula is C49H64O30. The van der Waals surface area contributed by atoms with Crippen LogP contribution in [0.1, 0.15) is 83.1 Å². The lowest BCUT2D eigenvalue weighted by molar-refractivity contribution is -0.286. The highest BCUT2D eigenvalue weighted by molar-refractivity contribution is 5.78. The predicted octanol–water partition coefficient (Wildman–Crippen LogP) is -3.27. The second-order valence-corrected chi connectivity index (χ2v) is 18.4. The molecule has 440 valence electrons. The van der Waals surface area contributed by atoms with E-state index in [1.54, 1.807) is 0 Å². The van der Waals surface area contributed by atoms with Gasteiger partial charge in [0.25, 0.3) is 0 Å². The van der Waals surface area contributed by atoms with Crippen LogP contribution in [0, 0.1) is 37.0 Å². The third-order valence-electron chi connectivity index (χ3n) is 10.8. The number of hydrogen-bond acceptors (Lipinski definition) is 30. The Hall–Kier alpha value is -6.57. The molecule has 0 bridgehead atoms. The highest BCUT2D eigenvalue weighted by Gasteiger charge is 2.61. The van der Waals surface area contributed by atoms with Crippen molar-refractivity contribution in [3.05, 3.63) is 0 Å². The molecule has 30 heteroatoms. The number of carbonyl (C=O) groups excluding carboxylic acids is 9. The maximum Gasteiger partial charge on any atom is 0.338 e. The van der Waals surface area contributed by atoms with Crippen LogP contribution in [0.15, 0.2) is 0 Å². The Kier molecular flexibility index (Phi) is 23.7. The lowest BCUT2D eigenvalue weighted by Gasteiger charge is -2.42. The number of hydrogen-bond donors (Lipinski definition) is 5. The maximum absolute atomic E-state index is 11.4. The highest BCUT2D eigenvalue weighted by atomic mass is 16.9. The van der Waals surface area contributed by atoms with Gasteiger partial charge < -0.3 is 101 Å². The Morgan fingerprint density at radius 1 is 0.557 bits per heavy atom. The summed E-state index contributed by atoms with van der Waals surface area (Å²) in [5.74, 6) is -4.07. The molecule has 6 rings (SSSR count). The van der Waals surface area contributed by atoms with Gasteiger partial charge in [0, 0.05) is 55.4 Å². The van der Waals surface area contributed by atoms with Crippen LogP contribution in [0.4, 0.5) is 0 Å². The van der Waals surface area contributed by atoms with Crippen LogP contribution in [0.5, 0.6) is 0 Å². The molecule has 6 aliphatic rings. The summed E-state index contributed by atoms with van der Waals surface area (Å²) in [4.78, 5) is 101. The topological polar surface area (TPSA) is 402 Å². The van der Waals surface area contributed by atoms with Crippen molar-refractivity contribution in [3.63, 3.8) is 0 Å². The van der Waals surface area contributed by atoms with Gasteiger partial charge >= 0.3 is 53.7 Å². The van der Waals surface area contributed by atoms with Crippen LogP contribution in [-0.4, -0.2) is 214 Å². The van der Waals surface area contributed by atoms with Gasteiger partial charge in [-0.2, -0.15) is 0 Å².